The van der Waals surface area contributed by atoms with Gasteiger partial charge in [0.2, 0.25) is 0 Å². The van der Waals surface area contributed by atoms with Gasteiger partial charge in [-0.15, -0.1) is 36.2 Å². The SMILES string of the molecule is CC1(C)CN(C2(CNC(=O)c3csc(CN)n3)CCCCC2)CCO1.Cl.Cl. The Morgan fingerprint density at radius 3 is 2.63 bits per heavy atom. The third kappa shape index (κ3) is 6.02. The molecule has 3 N–H and O–H groups in total. The second kappa shape index (κ2) is 10.4. The number of nitrogens with two attached hydrogens (primary N) is 1. The van der Waals surface area contributed by atoms with Gasteiger partial charge in [0.1, 0.15) is 10.7 Å². The Labute approximate surface area is 178 Å². The molecule has 2 heterocycles. The van der Waals surface area contributed by atoms with Crippen LogP contribution in [0.4, 0.5) is 0 Å². The molecule has 1 aromatic rings. The Kier molecular flexibility index (Phi) is 9.45. The van der Waals surface area contributed by atoms with Gasteiger partial charge in [-0.1, -0.05) is 19.3 Å². The number of rotatable bonds is 5. The maximum Gasteiger partial charge on any atom is 0.270 e. The second-order valence-corrected chi connectivity index (χ2v) is 8.77. The normalized spacial score (nSPS) is 21.6. The number of nitrogens with one attached hydrogen (secondary N) is 1. The number of nitrogens with zero attached hydrogens (tertiary/aromatic N) is 2. The summed E-state index contributed by atoms with van der Waals surface area (Å²) >= 11 is 1.44. The zero-order valence-electron chi connectivity index (χ0n) is 16.2. The monoisotopic (exact) mass is 438 g/mol. The highest BCUT2D eigenvalue weighted by Gasteiger charge is 2.42. The van der Waals surface area contributed by atoms with Crippen molar-refractivity contribution < 1.29 is 9.53 Å². The van der Waals surface area contributed by atoms with Crippen molar-refractivity contribution in [2.24, 2.45) is 5.73 Å². The molecule has 1 saturated carbocycles. The Bertz CT molecular complexity index is 606. The van der Waals surface area contributed by atoms with Gasteiger partial charge in [0.25, 0.3) is 5.91 Å². The van der Waals surface area contributed by atoms with Crippen molar-refractivity contribution in [1.82, 2.24) is 15.2 Å². The van der Waals surface area contributed by atoms with E-state index in [0.717, 1.165) is 37.5 Å². The lowest BCUT2D eigenvalue weighted by Gasteiger charge is -2.51. The van der Waals surface area contributed by atoms with E-state index in [1.165, 1.54) is 30.6 Å². The Morgan fingerprint density at radius 1 is 1.33 bits per heavy atom. The summed E-state index contributed by atoms with van der Waals surface area (Å²) in [7, 11) is 0. The van der Waals surface area contributed by atoms with Gasteiger partial charge in [0.05, 0.1) is 12.2 Å². The number of thiazole rings is 1. The fraction of sp³-hybridized carbons (Fsp3) is 0.778. The van der Waals surface area contributed by atoms with Crippen LogP contribution in [0.15, 0.2) is 5.38 Å². The molecule has 0 bridgehead atoms. The van der Waals surface area contributed by atoms with E-state index in [0.29, 0.717) is 18.8 Å². The van der Waals surface area contributed by atoms with Crippen LogP contribution in [-0.2, 0) is 11.3 Å². The molecule has 0 atom stereocenters. The molecule has 1 aliphatic carbocycles. The van der Waals surface area contributed by atoms with Gasteiger partial charge < -0.3 is 15.8 Å². The number of ether oxygens (including phenoxy) is 1. The van der Waals surface area contributed by atoms with E-state index in [4.69, 9.17) is 10.5 Å². The van der Waals surface area contributed by atoms with Gasteiger partial charge in [-0.25, -0.2) is 4.98 Å². The number of hydrogen-bond acceptors (Lipinski definition) is 6. The van der Waals surface area contributed by atoms with Crippen LogP contribution in [0.2, 0.25) is 0 Å². The van der Waals surface area contributed by atoms with Crippen LogP contribution in [0, 0.1) is 0 Å². The highest BCUT2D eigenvalue weighted by Crippen LogP contribution is 2.36. The molecule has 2 fully saturated rings. The summed E-state index contributed by atoms with van der Waals surface area (Å²) in [6, 6.07) is 0. The number of halogens is 2. The predicted octanol–water partition coefficient (Wildman–Crippen LogP) is 2.99. The second-order valence-electron chi connectivity index (χ2n) is 7.83. The average molecular weight is 439 g/mol. The quantitative estimate of drug-likeness (QED) is 0.738. The molecule has 1 amide bonds. The molecule has 1 aromatic heterocycles. The van der Waals surface area contributed by atoms with Crippen molar-refractivity contribution >= 4 is 42.1 Å². The smallest absolute Gasteiger partial charge is 0.270 e. The number of amides is 1. The van der Waals surface area contributed by atoms with Crippen molar-refractivity contribution in [2.45, 2.75) is 63.6 Å². The molecule has 1 saturated heterocycles. The molecular weight excluding hydrogens is 407 g/mol. The highest BCUT2D eigenvalue weighted by molar-refractivity contribution is 7.09. The minimum atomic E-state index is -0.127. The number of hydrogen-bond donors (Lipinski definition) is 2. The molecule has 0 spiro atoms. The van der Waals surface area contributed by atoms with Gasteiger partial charge >= 0.3 is 0 Å². The van der Waals surface area contributed by atoms with E-state index in [1.807, 2.05) is 0 Å². The first-order chi connectivity index (χ1) is 11.9. The Morgan fingerprint density at radius 2 is 2.04 bits per heavy atom. The first kappa shape index (κ1) is 24.6. The first-order valence-corrected chi connectivity index (χ1v) is 10.1. The topological polar surface area (TPSA) is 80.5 Å². The molecule has 0 unspecified atom stereocenters. The lowest BCUT2D eigenvalue weighted by atomic mass is 9.79. The summed E-state index contributed by atoms with van der Waals surface area (Å²) in [6.07, 6.45) is 6.00. The summed E-state index contributed by atoms with van der Waals surface area (Å²) in [4.78, 5) is 19.4. The van der Waals surface area contributed by atoms with Crippen LogP contribution in [0.3, 0.4) is 0 Å². The minimum absolute atomic E-state index is 0. The third-order valence-electron chi connectivity index (χ3n) is 5.42. The lowest BCUT2D eigenvalue weighted by molar-refractivity contribution is -0.122. The molecule has 6 nitrogen and oxygen atoms in total. The molecular formula is C18H32Cl2N4O2S. The molecule has 2 aliphatic rings. The van der Waals surface area contributed by atoms with Gasteiger partial charge in [0.15, 0.2) is 0 Å². The summed E-state index contributed by atoms with van der Waals surface area (Å²) in [5, 5.41) is 5.75. The Balaban J connectivity index is 0.00000182. The summed E-state index contributed by atoms with van der Waals surface area (Å²) in [5.74, 6) is -0.0894. The van der Waals surface area contributed by atoms with Gasteiger partial charge in [-0.05, 0) is 26.7 Å². The molecule has 0 aromatic carbocycles. The van der Waals surface area contributed by atoms with E-state index in [2.05, 4.69) is 29.0 Å². The molecule has 1 aliphatic heterocycles. The average Bonchev–Trinajstić information content (AvgIpc) is 3.09. The van der Waals surface area contributed by atoms with Crippen molar-refractivity contribution in [1.29, 1.82) is 0 Å². The lowest BCUT2D eigenvalue weighted by Crippen LogP contribution is -2.63. The van der Waals surface area contributed by atoms with Crippen molar-refractivity contribution in [3.8, 4) is 0 Å². The summed E-state index contributed by atoms with van der Waals surface area (Å²) in [6.45, 7) is 7.97. The van der Waals surface area contributed by atoms with Crippen LogP contribution < -0.4 is 11.1 Å². The highest BCUT2D eigenvalue weighted by atomic mass is 35.5. The number of morpholine rings is 1. The zero-order valence-corrected chi connectivity index (χ0v) is 18.6. The van der Waals surface area contributed by atoms with Crippen molar-refractivity contribution in [2.75, 3.05) is 26.2 Å². The maximum absolute atomic E-state index is 12.5. The van der Waals surface area contributed by atoms with Crippen molar-refractivity contribution in [3.05, 3.63) is 16.1 Å². The fourth-order valence-corrected chi connectivity index (χ4v) is 4.74. The largest absolute Gasteiger partial charge is 0.373 e. The first-order valence-electron chi connectivity index (χ1n) is 9.26. The number of carbonyl (C=O) groups is 1. The van der Waals surface area contributed by atoms with E-state index in [-0.39, 0.29) is 41.9 Å². The van der Waals surface area contributed by atoms with Gasteiger partial charge in [-0.3, -0.25) is 9.69 Å². The van der Waals surface area contributed by atoms with Gasteiger partial charge in [0, 0.05) is 37.1 Å². The van der Waals surface area contributed by atoms with Gasteiger partial charge in [-0.2, -0.15) is 0 Å². The zero-order chi connectivity index (χ0) is 17.9. The van der Waals surface area contributed by atoms with E-state index in [1.54, 1.807) is 5.38 Å². The maximum atomic E-state index is 12.5. The van der Waals surface area contributed by atoms with Crippen LogP contribution in [-0.4, -0.2) is 53.2 Å². The molecule has 27 heavy (non-hydrogen) atoms. The van der Waals surface area contributed by atoms with Crippen molar-refractivity contribution in [3.63, 3.8) is 0 Å². The predicted molar refractivity (Wildman–Crippen MR) is 114 cm³/mol. The fourth-order valence-electron chi connectivity index (χ4n) is 4.08. The molecule has 3 rings (SSSR count). The van der Waals surface area contributed by atoms with Crippen LogP contribution >= 0.6 is 36.2 Å². The number of aromatic nitrogens is 1. The van der Waals surface area contributed by atoms with Crippen LogP contribution in [0.25, 0.3) is 0 Å². The van der Waals surface area contributed by atoms with E-state index in [9.17, 15) is 4.79 Å². The summed E-state index contributed by atoms with van der Waals surface area (Å²) in [5.41, 5.74) is 6.00. The molecule has 156 valence electrons. The van der Waals surface area contributed by atoms with Crippen LogP contribution in [0.5, 0.6) is 0 Å². The molecule has 0 radical (unpaired) electrons. The van der Waals surface area contributed by atoms with E-state index < -0.39 is 0 Å². The standard InChI is InChI=1S/C18H30N4O2S.2ClH/c1-17(2)13-22(8-9-24-17)18(6-4-3-5-7-18)12-20-16(23)14-11-25-15(10-19)21-14;;/h11H,3-10,12-13,19H2,1-2H3,(H,20,23);2*1H. The number of carbonyl (C=O) groups excluding carboxylic acids is 1. The minimum Gasteiger partial charge on any atom is -0.373 e. The Hall–Kier alpha value is -0.440. The molecule has 9 heteroatoms. The van der Waals surface area contributed by atoms with Crippen LogP contribution in [0.1, 0.15) is 61.4 Å². The third-order valence-corrected chi connectivity index (χ3v) is 6.29. The summed E-state index contributed by atoms with van der Waals surface area (Å²) < 4.78 is 5.89. The van der Waals surface area contributed by atoms with E-state index >= 15 is 0 Å².